The van der Waals surface area contributed by atoms with Gasteiger partial charge in [-0.05, 0) is 19.4 Å². The highest BCUT2D eigenvalue weighted by molar-refractivity contribution is 5.92. The standard InChI is InChI=1S/C14H21N5O/c1-4-9-19-11(2)10-16-13(19)6-7-15-14(20)12-5-8-17-18(12)3/h5,8,10H,4,6-7,9H2,1-3H3,(H,15,20). The van der Waals surface area contributed by atoms with Gasteiger partial charge in [-0.1, -0.05) is 6.92 Å². The topological polar surface area (TPSA) is 64.7 Å². The summed E-state index contributed by atoms with van der Waals surface area (Å²) in [7, 11) is 1.76. The molecule has 0 fully saturated rings. The lowest BCUT2D eigenvalue weighted by molar-refractivity contribution is 0.0944. The fourth-order valence-corrected chi connectivity index (χ4v) is 2.21. The first-order valence-corrected chi connectivity index (χ1v) is 6.90. The predicted molar refractivity (Wildman–Crippen MR) is 76.5 cm³/mol. The molecule has 2 heterocycles. The first-order chi connectivity index (χ1) is 9.63. The molecule has 0 aliphatic rings. The average Bonchev–Trinajstić information content (AvgIpc) is 2.99. The third kappa shape index (κ3) is 3.07. The molecule has 0 saturated heterocycles. The first kappa shape index (κ1) is 14.3. The Morgan fingerprint density at radius 2 is 2.25 bits per heavy atom. The molecule has 0 radical (unpaired) electrons. The van der Waals surface area contributed by atoms with Crippen LogP contribution in [0.25, 0.3) is 0 Å². The van der Waals surface area contributed by atoms with Crippen molar-refractivity contribution >= 4 is 5.91 Å². The maximum absolute atomic E-state index is 11.9. The number of aromatic nitrogens is 4. The van der Waals surface area contributed by atoms with Crippen molar-refractivity contribution in [3.63, 3.8) is 0 Å². The Bertz CT molecular complexity index is 584. The predicted octanol–water partition coefficient (Wildman–Crippen LogP) is 1.31. The minimum atomic E-state index is -0.102. The summed E-state index contributed by atoms with van der Waals surface area (Å²) < 4.78 is 3.77. The number of rotatable bonds is 6. The van der Waals surface area contributed by atoms with Crippen LogP contribution in [0, 0.1) is 6.92 Å². The molecule has 0 unspecified atom stereocenters. The van der Waals surface area contributed by atoms with Crippen LogP contribution in [0.1, 0.15) is 35.4 Å². The van der Waals surface area contributed by atoms with Gasteiger partial charge in [-0.25, -0.2) is 4.98 Å². The van der Waals surface area contributed by atoms with E-state index in [1.165, 1.54) is 5.69 Å². The summed E-state index contributed by atoms with van der Waals surface area (Å²) in [4.78, 5) is 16.3. The van der Waals surface area contributed by atoms with Gasteiger partial charge < -0.3 is 9.88 Å². The smallest absolute Gasteiger partial charge is 0.269 e. The van der Waals surface area contributed by atoms with Crippen LogP contribution in [-0.2, 0) is 20.0 Å². The molecule has 0 spiro atoms. The Morgan fingerprint density at radius 3 is 2.90 bits per heavy atom. The SMILES string of the molecule is CCCn1c(C)cnc1CCNC(=O)c1ccnn1C. The van der Waals surface area contributed by atoms with Gasteiger partial charge in [-0.2, -0.15) is 5.10 Å². The number of hydrogen-bond acceptors (Lipinski definition) is 3. The summed E-state index contributed by atoms with van der Waals surface area (Å²) in [5.41, 5.74) is 1.73. The number of carbonyl (C=O) groups is 1. The van der Waals surface area contributed by atoms with Gasteiger partial charge in [0.15, 0.2) is 0 Å². The molecule has 0 aliphatic carbocycles. The molecule has 0 aliphatic heterocycles. The van der Waals surface area contributed by atoms with Crippen LogP contribution in [-0.4, -0.2) is 31.8 Å². The Labute approximate surface area is 118 Å². The van der Waals surface area contributed by atoms with Crippen molar-refractivity contribution in [2.45, 2.75) is 33.2 Å². The number of nitrogens with zero attached hydrogens (tertiary/aromatic N) is 4. The molecule has 0 aromatic carbocycles. The van der Waals surface area contributed by atoms with Crippen LogP contribution in [0.3, 0.4) is 0 Å². The van der Waals surface area contributed by atoms with Gasteiger partial charge in [-0.15, -0.1) is 0 Å². The lowest BCUT2D eigenvalue weighted by atomic mass is 10.3. The molecular weight excluding hydrogens is 254 g/mol. The van der Waals surface area contributed by atoms with Crippen molar-refractivity contribution < 1.29 is 4.79 Å². The summed E-state index contributed by atoms with van der Waals surface area (Å²) in [6, 6.07) is 1.71. The molecular formula is C14H21N5O. The van der Waals surface area contributed by atoms with Crippen molar-refractivity contribution in [3.8, 4) is 0 Å². The number of aryl methyl sites for hydroxylation is 2. The zero-order chi connectivity index (χ0) is 14.5. The van der Waals surface area contributed by atoms with Crippen LogP contribution in [0.5, 0.6) is 0 Å². The van der Waals surface area contributed by atoms with E-state index in [4.69, 9.17) is 0 Å². The zero-order valence-corrected chi connectivity index (χ0v) is 12.3. The molecule has 0 atom stereocenters. The molecule has 6 nitrogen and oxygen atoms in total. The average molecular weight is 275 g/mol. The van der Waals surface area contributed by atoms with Crippen molar-refractivity contribution in [2.24, 2.45) is 7.05 Å². The number of imidazole rings is 1. The quantitative estimate of drug-likeness (QED) is 0.864. The second-order valence-corrected chi connectivity index (χ2v) is 4.81. The highest BCUT2D eigenvalue weighted by Gasteiger charge is 2.10. The van der Waals surface area contributed by atoms with Gasteiger partial charge >= 0.3 is 0 Å². The fourth-order valence-electron chi connectivity index (χ4n) is 2.21. The minimum absolute atomic E-state index is 0.102. The highest BCUT2D eigenvalue weighted by atomic mass is 16.2. The summed E-state index contributed by atoms with van der Waals surface area (Å²) in [5.74, 6) is 0.921. The summed E-state index contributed by atoms with van der Waals surface area (Å²) >= 11 is 0. The van der Waals surface area contributed by atoms with Crippen molar-refractivity contribution in [2.75, 3.05) is 6.54 Å². The van der Waals surface area contributed by atoms with Gasteiger partial charge in [0.05, 0.1) is 0 Å². The van der Waals surface area contributed by atoms with E-state index in [0.717, 1.165) is 25.2 Å². The van der Waals surface area contributed by atoms with E-state index in [2.05, 4.69) is 33.8 Å². The first-order valence-electron chi connectivity index (χ1n) is 6.90. The van der Waals surface area contributed by atoms with Gasteiger partial charge in [0.25, 0.3) is 5.91 Å². The fraction of sp³-hybridized carbons (Fsp3) is 0.500. The molecule has 0 bridgehead atoms. The summed E-state index contributed by atoms with van der Waals surface area (Å²) in [5, 5.41) is 6.88. The van der Waals surface area contributed by atoms with Gasteiger partial charge in [-0.3, -0.25) is 9.48 Å². The Balaban J connectivity index is 1.90. The van der Waals surface area contributed by atoms with E-state index in [1.807, 2.05) is 6.20 Å². The Kier molecular flexibility index (Phi) is 4.55. The second-order valence-electron chi connectivity index (χ2n) is 4.81. The van der Waals surface area contributed by atoms with E-state index >= 15 is 0 Å². The van der Waals surface area contributed by atoms with Gasteiger partial charge in [0.2, 0.25) is 0 Å². The van der Waals surface area contributed by atoms with E-state index < -0.39 is 0 Å². The molecule has 2 aromatic rings. The minimum Gasteiger partial charge on any atom is -0.350 e. The van der Waals surface area contributed by atoms with E-state index in [-0.39, 0.29) is 5.91 Å². The van der Waals surface area contributed by atoms with Crippen LogP contribution < -0.4 is 5.32 Å². The maximum Gasteiger partial charge on any atom is 0.269 e. The lowest BCUT2D eigenvalue weighted by Gasteiger charge is -2.09. The Hall–Kier alpha value is -2.11. The second kappa shape index (κ2) is 6.36. The molecule has 2 aromatic heterocycles. The molecule has 6 heteroatoms. The van der Waals surface area contributed by atoms with E-state index in [1.54, 1.807) is 24.0 Å². The third-order valence-electron chi connectivity index (χ3n) is 3.27. The van der Waals surface area contributed by atoms with Gasteiger partial charge in [0, 0.05) is 44.6 Å². The molecule has 108 valence electrons. The van der Waals surface area contributed by atoms with Crippen LogP contribution >= 0.6 is 0 Å². The van der Waals surface area contributed by atoms with Crippen LogP contribution in [0.2, 0.25) is 0 Å². The van der Waals surface area contributed by atoms with Crippen LogP contribution in [0.15, 0.2) is 18.5 Å². The molecule has 0 saturated carbocycles. The largest absolute Gasteiger partial charge is 0.350 e. The van der Waals surface area contributed by atoms with Crippen molar-refractivity contribution in [3.05, 3.63) is 35.7 Å². The summed E-state index contributed by atoms with van der Waals surface area (Å²) in [6.07, 6.45) is 5.31. The summed E-state index contributed by atoms with van der Waals surface area (Å²) in [6.45, 7) is 5.74. The third-order valence-corrected chi connectivity index (χ3v) is 3.27. The maximum atomic E-state index is 11.9. The Morgan fingerprint density at radius 1 is 1.45 bits per heavy atom. The van der Waals surface area contributed by atoms with Crippen LogP contribution in [0.4, 0.5) is 0 Å². The zero-order valence-electron chi connectivity index (χ0n) is 12.3. The number of amides is 1. The molecule has 1 N–H and O–H groups in total. The number of hydrogen-bond donors (Lipinski definition) is 1. The van der Waals surface area contributed by atoms with Crippen molar-refractivity contribution in [1.29, 1.82) is 0 Å². The van der Waals surface area contributed by atoms with Gasteiger partial charge in [0.1, 0.15) is 11.5 Å². The van der Waals surface area contributed by atoms with Crippen molar-refractivity contribution in [1.82, 2.24) is 24.6 Å². The highest BCUT2D eigenvalue weighted by Crippen LogP contribution is 2.06. The molecule has 2 rings (SSSR count). The lowest BCUT2D eigenvalue weighted by Crippen LogP contribution is -2.28. The normalized spacial score (nSPS) is 10.8. The molecule has 20 heavy (non-hydrogen) atoms. The molecule has 1 amide bonds. The number of nitrogens with one attached hydrogen (secondary N) is 1. The van der Waals surface area contributed by atoms with E-state index in [9.17, 15) is 4.79 Å². The van der Waals surface area contributed by atoms with E-state index in [0.29, 0.717) is 12.2 Å². The number of carbonyl (C=O) groups excluding carboxylic acids is 1. The monoisotopic (exact) mass is 275 g/mol.